The minimum absolute atomic E-state index is 0.00115. The lowest BCUT2D eigenvalue weighted by atomic mass is 10.1. The summed E-state index contributed by atoms with van der Waals surface area (Å²) in [6.45, 7) is 0.349. The van der Waals surface area contributed by atoms with E-state index in [0.717, 1.165) is 5.56 Å². The zero-order valence-corrected chi connectivity index (χ0v) is 13.6. The smallest absolute Gasteiger partial charge is 0.335 e. The van der Waals surface area contributed by atoms with Crippen LogP contribution in [0, 0.1) is 0 Å². The van der Waals surface area contributed by atoms with Crippen LogP contribution in [0.3, 0.4) is 0 Å². The molecule has 25 heavy (non-hydrogen) atoms. The maximum absolute atomic E-state index is 12.2. The third-order valence-corrected chi connectivity index (χ3v) is 3.37. The Morgan fingerprint density at radius 1 is 0.960 bits per heavy atom. The minimum atomic E-state index is -1.02. The molecule has 7 heteroatoms. The zero-order valence-electron chi connectivity index (χ0n) is 13.6. The van der Waals surface area contributed by atoms with Crippen molar-refractivity contribution in [3.8, 4) is 0 Å². The zero-order chi connectivity index (χ0) is 18.2. The van der Waals surface area contributed by atoms with Crippen LogP contribution in [0.25, 0.3) is 0 Å². The van der Waals surface area contributed by atoms with Crippen molar-refractivity contribution in [1.82, 2.24) is 5.32 Å². The van der Waals surface area contributed by atoms with Crippen LogP contribution < -0.4 is 10.6 Å². The maximum Gasteiger partial charge on any atom is 0.335 e. The summed E-state index contributed by atoms with van der Waals surface area (Å²) in [5, 5.41) is 14.2. The van der Waals surface area contributed by atoms with Gasteiger partial charge in [-0.3, -0.25) is 9.59 Å². The van der Waals surface area contributed by atoms with E-state index < -0.39 is 5.97 Å². The monoisotopic (exact) mass is 342 g/mol. The molecule has 0 saturated heterocycles. The Bertz CT molecular complexity index is 754. The number of benzene rings is 2. The quantitative estimate of drug-likeness (QED) is 0.713. The van der Waals surface area contributed by atoms with Gasteiger partial charge in [-0.1, -0.05) is 12.1 Å². The Hall–Kier alpha value is -3.19. The predicted molar refractivity (Wildman–Crippen MR) is 91.5 cm³/mol. The molecule has 2 amide bonds. The second-order valence-corrected chi connectivity index (χ2v) is 5.24. The lowest BCUT2D eigenvalue weighted by Crippen LogP contribution is -2.26. The van der Waals surface area contributed by atoms with Gasteiger partial charge in [-0.25, -0.2) is 4.79 Å². The van der Waals surface area contributed by atoms with Crippen LogP contribution in [0.1, 0.15) is 26.3 Å². The van der Waals surface area contributed by atoms with Crippen molar-refractivity contribution >= 4 is 23.5 Å². The number of carbonyl (C=O) groups excluding carboxylic acids is 2. The number of amides is 2. The first-order valence-corrected chi connectivity index (χ1v) is 7.49. The van der Waals surface area contributed by atoms with Crippen molar-refractivity contribution < 1.29 is 24.2 Å². The molecule has 2 aromatic rings. The van der Waals surface area contributed by atoms with Gasteiger partial charge in [0.05, 0.1) is 5.56 Å². The summed E-state index contributed by atoms with van der Waals surface area (Å²) < 4.78 is 4.72. The highest BCUT2D eigenvalue weighted by Gasteiger charge is 2.08. The molecule has 0 aromatic heterocycles. The van der Waals surface area contributed by atoms with Crippen LogP contribution in [0.15, 0.2) is 48.5 Å². The van der Waals surface area contributed by atoms with Gasteiger partial charge in [0, 0.05) is 24.9 Å². The van der Waals surface area contributed by atoms with E-state index in [9.17, 15) is 14.4 Å². The van der Waals surface area contributed by atoms with Crippen LogP contribution in [0.5, 0.6) is 0 Å². The Balaban J connectivity index is 1.93. The number of methoxy groups -OCH3 is 1. The van der Waals surface area contributed by atoms with Gasteiger partial charge in [0.25, 0.3) is 5.91 Å². The number of rotatable bonds is 7. The number of carboxylic acids is 1. The second kappa shape index (κ2) is 8.60. The number of aromatic carboxylic acids is 1. The summed E-state index contributed by atoms with van der Waals surface area (Å²) in [7, 11) is 1.45. The van der Waals surface area contributed by atoms with Crippen LogP contribution in [-0.2, 0) is 16.1 Å². The molecule has 0 unspecified atom stereocenters. The van der Waals surface area contributed by atoms with Crippen LogP contribution >= 0.6 is 0 Å². The summed E-state index contributed by atoms with van der Waals surface area (Å²) >= 11 is 0. The lowest BCUT2D eigenvalue weighted by molar-refractivity contribution is -0.124. The molecule has 0 aliphatic carbocycles. The molecule has 130 valence electrons. The normalized spacial score (nSPS) is 10.1. The predicted octanol–water partition coefficient (Wildman–Crippen LogP) is 1.90. The third kappa shape index (κ3) is 5.43. The molecule has 0 heterocycles. The molecular weight excluding hydrogens is 324 g/mol. The molecule has 3 N–H and O–H groups in total. The van der Waals surface area contributed by atoms with Crippen LogP contribution in [0.4, 0.5) is 5.69 Å². The summed E-state index contributed by atoms with van der Waals surface area (Å²) in [4.78, 5) is 34.3. The van der Waals surface area contributed by atoms with Gasteiger partial charge in [0.1, 0.15) is 6.61 Å². The Morgan fingerprint density at radius 3 is 2.12 bits per heavy atom. The molecule has 0 spiro atoms. The van der Waals surface area contributed by atoms with Crippen molar-refractivity contribution in [2.75, 3.05) is 19.0 Å². The van der Waals surface area contributed by atoms with E-state index in [1.165, 1.54) is 31.4 Å². The number of carboxylic acid groups (broad SMARTS) is 1. The van der Waals surface area contributed by atoms with Gasteiger partial charge in [-0.05, 0) is 42.0 Å². The highest BCUT2D eigenvalue weighted by atomic mass is 16.5. The van der Waals surface area contributed by atoms with Gasteiger partial charge < -0.3 is 20.5 Å². The third-order valence-electron chi connectivity index (χ3n) is 3.37. The van der Waals surface area contributed by atoms with Gasteiger partial charge in [0.15, 0.2) is 0 Å². The van der Waals surface area contributed by atoms with E-state index in [0.29, 0.717) is 17.8 Å². The molecule has 2 rings (SSSR count). The van der Waals surface area contributed by atoms with E-state index >= 15 is 0 Å². The average molecular weight is 342 g/mol. The first-order valence-electron chi connectivity index (χ1n) is 7.49. The van der Waals surface area contributed by atoms with E-state index in [-0.39, 0.29) is 24.0 Å². The van der Waals surface area contributed by atoms with E-state index in [1.807, 2.05) is 0 Å². The van der Waals surface area contributed by atoms with E-state index in [1.54, 1.807) is 24.3 Å². The standard InChI is InChI=1S/C18H18N2O5/c1-25-11-16(21)19-10-12-2-4-13(5-3-12)17(22)20-15-8-6-14(7-9-15)18(23)24/h2-9H,10-11H2,1H3,(H,19,21)(H,20,22)(H,23,24). The molecule has 2 aromatic carbocycles. The van der Waals surface area contributed by atoms with E-state index in [2.05, 4.69) is 10.6 Å². The summed E-state index contributed by atoms with van der Waals surface area (Å²) in [6, 6.07) is 12.7. The van der Waals surface area contributed by atoms with E-state index in [4.69, 9.17) is 9.84 Å². The van der Waals surface area contributed by atoms with Crippen molar-refractivity contribution in [3.05, 3.63) is 65.2 Å². The fraction of sp³-hybridized carbons (Fsp3) is 0.167. The second-order valence-electron chi connectivity index (χ2n) is 5.24. The molecule has 0 bridgehead atoms. The largest absolute Gasteiger partial charge is 0.478 e. The fourth-order valence-electron chi connectivity index (χ4n) is 2.06. The number of hydrogen-bond donors (Lipinski definition) is 3. The molecule has 0 saturated carbocycles. The summed E-state index contributed by atoms with van der Waals surface area (Å²) in [5.41, 5.74) is 1.96. The van der Waals surface area contributed by atoms with Gasteiger partial charge in [-0.2, -0.15) is 0 Å². The number of nitrogens with one attached hydrogen (secondary N) is 2. The minimum Gasteiger partial charge on any atom is -0.478 e. The molecule has 0 aliphatic heterocycles. The van der Waals surface area contributed by atoms with Gasteiger partial charge in [0.2, 0.25) is 5.91 Å². The number of ether oxygens (including phenoxy) is 1. The SMILES string of the molecule is COCC(=O)NCc1ccc(C(=O)Nc2ccc(C(=O)O)cc2)cc1. The lowest BCUT2D eigenvalue weighted by Gasteiger charge is -2.08. The number of hydrogen-bond acceptors (Lipinski definition) is 4. The molecule has 7 nitrogen and oxygen atoms in total. The number of carbonyl (C=O) groups is 3. The van der Waals surface area contributed by atoms with Crippen LogP contribution in [-0.4, -0.2) is 36.6 Å². The Labute approximate surface area is 144 Å². The van der Waals surface area contributed by atoms with Crippen LogP contribution in [0.2, 0.25) is 0 Å². The molecule has 0 aliphatic rings. The van der Waals surface area contributed by atoms with Gasteiger partial charge in [-0.15, -0.1) is 0 Å². The Kier molecular flexibility index (Phi) is 6.25. The van der Waals surface area contributed by atoms with Gasteiger partial charge >= 0.3 is 5.97 Å². The van der Waals surface area contributed by atoms with Crippen molar-refractivity contribution in [2.45, 2.75) is 6.54 Å². The fourth-order valence-corrected chi connectivity index (χ4v) is 2.06. The first-order chi connectivity index (χ1) is 12.0. The molecule has 0 fully saturated rings. The summed E-state index contributed by atoms with van der Waals surface area (Å²) in [5.74, 6) is -1.54. The molecule has 0 atom stereocenters. The average Bonchev–Trinajstić information content (AvgIpc) is 2.61. The van der Waals surface area contributed by atoms with Crippen molar-refractivity contribution in [2.24, 2.45) is 0 Å². The Morgan fingerprint density at radius 2 is 1.56 bits per heavy atom. The van der Waals surface area contributed by atoms with Crippen molar-refractivity contribution in [3.63, 3.8) is 0 Å². The number of anilines is 1. The topological polar surface area (TPSA) is 105 Å². The maximum atomic E-state index is 12.2. The molecular formula is C18H18N2O5. The summed E-state index contributed by atoms with van der Waals surface area (Å²) in [6.07, 6.45) is 0. The van der Waals surface area contributed by atoms with Crippen molar-refractivity contribution in [1.29, 1.82) is 0 Å². The highest BCUT2D eigenvalue weighted by molar-refractivity contribution is 6.04. The first kappa shape index (κ1) is 18.2. The highest BCUT2D eigenvalue weighted by Crippen LogP contribution is 2.12. The molecule has 0 radical (unpaired) electrons.